The number of nitrogens with zero attached hydrogens (tertiary/aromatic N) is 2. The minimum absolute atomic E-state index is 0.0505. The highest BCUT2D eigenvalue weighted by atomic mass is 32.2. The predicted molar refractivity (Wildman–Crippen MR) is 79.0 cm³/mol. The van der Waals surface area contributed by atoms with Gasteiger partial charge in [-0.2, -0.15) is 4.31 Å². The van der Waals surface area contributed by atoms with Crippen LogP contribution in [0.3, 0.4) is 0 Å². The molecule has 1 aromatic carbocycles. The smallest absolute Gasteiger partial charge is 0.243 e. The van der Waals surface area contributed by atoms with Crippen LogP contribution >= 0.6 is 0 Å². The van der Waals surface area contributed by atoms with Gasteiger partial charge in [0.05, 0.1) is 4.90 Å². The number of fused-ring (bicyclic) bond motifs is 1. The van der Waals surface area contributed by atoms with Crippen LogP contribution in [0.1, 0.15) is 26.2 Å². The van der Waals surface area contributed by atoms with Crippen molar-refractivity contribution in [3.8, 4) is 0 Å². The van der Waals surface area contributed by atoms with Gasteiger partial charge in [-0.05, 0) is 38.4 Å². The lowest BCUT2D eigenvalue weighted by Crippen LogP contribution is -2.59. The first kappa shape index (κ1) is 14.0. The highest BCUT2D eigenvalue weighted by Crippen LogP contribution is 2.28. The molecule has 0 saturated carbocycles. The number of hydrogen-bond acceptors (Lipinski definition) is 3. The summed E-state index contributed by atoms with van der Waals surface area (Å²) < 4.78 is 27.3. The standard InChI is InChI=1S/C15H22N2O2S/c1-13-11-16-10-6-5-7-14(16)12-17(13)20(18,19)15-8-3-2-4-9-15/h2-4,8-9,13-14H,5-7,10-12H2,1H3. The number of piperazine rings is 1. The Bertz CT molecular complexity index is 558. The number of piperidine rings is 1. The molecule has 2 unspecified atom stereocenters. The first-order valence-corrected chi connectivity index (χ1v) is 8.84. The molecule has 5 heteroatoms. The fraction of sp³-hybridized carbons (Fsp3) is 0.600. The highest BCUT2D eigenvalue weighted by Gasteiger charge is 2.39. The van der Waals surface area contributed by atoms with E-state index in [2.05, 4.69) is 4.90 Å². The van der Waals surface area contributed by atoms with Gasteiger partial charge in [-0.15, -0.1) is 0 Å². The fourth-order valence-corrected chi connectivity index (χ4v) is 5.07. The van der Waals surface area contributed by atoms with E-state index in [-0.39, 0.29) is 6.04 Å². The lowest BCUT2D eigenvalue weighted by atomic mass is 9.99. The van der Waals surface area contributed by atoms with Gasteiger partial charge in [0.15, 0.2) is 0 Å². The molecule has 4 nitrogen and oxygen atoms in total. The summed E-state index contributed by atoms with van der Waals surface area (Å²) in [6, 6.07) is 9.25. The first-order valence-electron chi connectivity index (χ1n) is 7.40. The summed E-state index contributed by atoms with van der Waals surface area (Å²) in [5.41, 5.74) is 0. The first-order chi connectivity index (χ1) is 9.59. The molecule has 110 valence electrons. The van der Waals surface area contributed by atoms with Crippen LogP contribution in [0.15, 0.2) is 35.2 Å². The SMILES string of the molecule is CC1CN2CCCCC2CN1S(=O)(=O)c1ccccc1. The molecule has 2 atom stereocenters. The zero-order valence-electron chi connectivity index (χ0n) is 11.9. The lowest BCUT2D eigenvalue weighted by Gasteiger charge is -2.46. The summed E-state index contributed by atoms with van der Waals surface area (Å²) in [7, 11) is -3.36. The molecule has 0 aliphatic carbocycles. The van der Waals surface area contributed by atoms with Crippen LogP contribution in [0, 0.1) is 0 Å². The van der Waals surface area contributed by atoms with Crippen LogP contribution in [0.25, 0.3) is 0 Å². The molecule has 2 aliphatic heterocycles. The molecule has 0 N–H and O–H groups in total. The van der Waals surface area contributed by atoms with E-state index in [1.807, 2.05) is 13.0 Å². The minimum atomic E-state index is -3.36. The van der Waals surface area contributed by atoms with Crippen molar-refractivity contribution in [2.75, 3.05) is 19.6 Å². The molecule has 1 aromatic rings. The third-order valence-corrected chi connectivity index (χ3v) is 6.47. The van der Waals surface area contributed by atoms with Crippen molar-refractivity contribution in [1.82, 2.24) is 9.21 Å². The van der Waals surface area contributed by atoms with E-state index in [0.717, 1.165) is 19.5 Å². The van der Waals surface area contributed by atoms with Gasteiger partial charge < -0.3 is 0 Å². The van der Waals surface area contributed by atoms with E-state index >= 15 is 0 Å². The Morgan fingerprint density at radius 1 is 1.10 bits per heavy atom. The Balaban J connectivity index is 1.86. The van der Waals surface area contributed by atoms with Gasteiger partial charge in [0, 0.05) is 25.2 Å². The molecule has 2 fully saturated rings. The van der Waals surface area contributed by atoms with E-state index < -0.39 is 10.0 Å². The Morgan fingerprint density at radius 2 is 1.85 bits per heavy atom. The third-order valence-electron chi connectivity index (χ3n) is 4.48. The van der Waals surface area contributed by atoms with Crippen molar-refractivity contribution in [2.24, 2.45) is 0 Å². The second-order valence-electron chi connectivity index (χ2n) is 5.88. The van der Waals surface area contributed by atoms with Crippen LogP contribution in [-0.2, 0) is 10.0 Å². The van der Waals surface area contributed by atoms with E-state index in [9.17, 15) is 8.42 Å². The van der Waals surface area contributed by atoms with E-state index in [4.69, 9.17) is 0 Å². The number of sulfonamides is 1. The summed E-state index contributed by atoms with van der Waals surface area (Å²) in [4.78, 5) is 2.88. The van der Waals surface area contributed by atoms with Crippen LogP contribution in [0.5, 0.6) is 0 Å². The van der Waals surface area contributed by atoms with Gasteiger partial charge in [-0.25, -0.2) is 8.42 Å². The summed E-state index contributed by atoms with van der Waals surface area (Å²) >= 11 is 0. The van der Waals surface area contributed by atoms with Crippen LogP contribution in [-0.4, -0.2) is 49.3 Å². The Morgan fingerprint density at radius 3 is 2.60 bits per heavy atom. The van der Waals surface area contributed by atoms with Crippen molar-refractivity contribution in [3.05, 3.63) is 30.3 Å². The zero-order chi connectivity index (χ0) is 14.2. The van der Waals surface area contributed by atoms with Crippen LogP contribution in [0.4, 0.5) is 0 Å². The molecular weight excluding hydrogens is 272 g/mol. The molecule has 0 aromatic heterocycles. The molecule has 0 spiro atoms. The second kappa shape index (κ2) is 5.47. The largest absolute Gasteiger partial charge is 0.297 e. The van der Waals surface area contributed by atoms with Crippen LogP contribution in [0.2, 0.25) is 0 Å². The number of benzene rings is 1. The van der Waals surface area contributed by atoms with E-state index in [1.165, 1.54) is 12.8 Å². The molecule has 0 bridgehead atoms. The maximum absolute atomic E-state index is 12.8. The normalized spacial score (nSPS) is 29.1. The van der Waals surface area contributed by atoms with Crippen molar-refractivity contribution < 1.29 is 8.42 Å². The fourth-order valence-electron chi connectivity index (χ4n) is 3.39. The third kappa shape index (κ3) is 2.50. The molecule has 2 aliphatic rings. The van der Waals surface area contributed by atoms with Gasteiger partial charge in [0.25, 0.3) is 0 Å². The number of rotatable bonds is 2. The minimum Gasteiger partial charge on any atom is -0.297 e. The van der Waals surface area contributed by atoms with Crippen molar-refractivity contribution in [2.45, 2.75) is 43.2 Å². The lowest BCUT2D eigenvalue weighted by molar-refractivity contribution is 0.0564. The topological polar surface area (TPSA) is 40.6 Å². The molecule has 2 heterocycles. The predicted octanol–water partition coefficient (Wildman–Crippen LogP) is 1.93. The highest BCUT2D eigenvalue weighted by molar-refractivity contribution is 7.89. The van der Waals surface area contributed by atoms with Crippen molar-refractivity contribution in [3.63, 3.8) is 0 Å². The molecule has 0 amide bonds. The van der Waals surface area contributed by atoms with Crippen molar-refractivity contribution >= 4 is 10.0 Å². The average molecular weight is 294 g/mol. The summed E-state index contributed by atoms with van der Waals surface area (Å²) in [5, 5.41) is 0. The summed E-state index contributed by atoms with van der Waals surface area (Å²) in [5.74, 6) is 0. The van der Waals surface area contributed by atoms with E-state index in [0.29, 0.717) is 17.5 Å². The maximum atomic E-state index is 12.8. The van der Waals surface area contributed by atoms with Gasteiger partial charge >= 0.3 is 0 Å². The summed E-state index contributed by atoms with van der Waals surface area (Å²) in [6.45, 7) is 4.63. The average Bonchev–Trinajstić information content (AvgIpc) is 2.47. The van der Waals surface area contributed by atoms with Gasteiger partial charge in [-0.1, -0.05) is 24.6 Å². The van der Waals surface area contributed by atoms with Crippen LogP contribution < -0.4 is 0 Å². The Kier molecular flexibility index (Phi) is 3.84. The molecule has 2 saturated heterocycles. The maximum Gasteiger partial charge on any atom is 0.243 e. The number of hydrogen-bond donors (Lipinski definition) is 0. The molecule has 20 heavy (non-hydrogen) atoms. The zero-order valence-corrected chi connectivity index (χ0v) is 12.7. The summed E-state index contributed by atoms with van der Waals surface area (Å²) in [6.07, 6.45) is 3.58. The molecule has 3 rings (SSSR count). The molecular formula is C15H22N2O2S. The van der Waals surface area contributed by atoms with Crippen molar-refractivity contribution in [1.29, 1.82) is 0 Å². The Hall–Kier alpha value is -0.910. The Labute approximate surface area is 121 Å². The van der Waals surface area contributed by atoms with Gasteiger partial charge in [0.1, 0.15) is 0 Å². The second-order valence-corrected chi connectivity index (χ2v) is 7.77. The quantitative estimate of drug-likeness (QED) is 0.837. The van der Waals surface area contributed by atoms with E-state index in [1.54, 1.807) is 28.6 Å². The van der Waals surface area contributed by atoms with Gasteiger partial charge in [-0.3, -0.25) is 4.90 Å². The monoisotopic (exact) mass is 294 g/mol. The molecule has 0 radical (unpaired) electrons. The van der Waals surface area contributed by atoms with Gasteiger partial charge in [0.2, 0.25) is 10.0 Å².